The monoisotopic (exact) mass is 297 g/mol. The fraction of sp³-hybridized carbons (Fsp3) is 0.467. The van der Waals surface area contributed by atoms with Crippen LogP contribution in [-0.4, -0.2) is 36.0 Å². The zero-order chi connectivity index (χ0) is 15.1. The van der Waals surface area contributed by atoms with Crippen molar-refractivity contribution in [3.05, 3.63) is 34.9 Å². The van der Waals surface area contributed by atoms with Gasteiger partial charge in [0.05, 0.1) is 23.6 Å². The molecule has 0 spiro atoms. The van der Waals surface area contributed by atoms with Gasteiger partial charge in [-0.3, -0.25) is 9.59 Å². The number of nitrogens with zero attached hydrogens (tertiary/aromatic N) is 1. The van der Waals surface area contributed by atoms with Crippen LogP contribution in [0.2, 0.25) is 5.02 Å². The Morgan fingerprint density at radius 1 is 1.30 bits per heavy atom. The van der Waals surface area contributed by atoms with Crippen LogP contribution in [0, 0.1) is 0 Å². The molecule has 1 amide bonds. The zero-order valence-electron chi connectivity index (χ0n) is 12.1. The number of carbonyl (C=O) groups is 2. The second-order valence-corrected chi connectivity index (χ2v) is 5.03. The predicted octanol–water partition coefficient (Wildman–Crippen LogP) is 3.14. The van der Waals surface area contributed by atoms with E-state index in [1.54, 1.807) is 36.1 Å². The predicted molar refractivity (Wildman–Crippen MR) is 78.9 cm³/mol. The van der Waals surface area contributed by atoms with E-state index in [0.29, 0.717) is 23.7 Å². The number of benzene rings is 1. The molecule has 0 bridgehead atoms. The van der Waals surface area contributed by atoms with Crippen LogP contribution in [0.1, 0.15) is 37.6 Å². The molecule has 20 heavy (non-hydrogen) atoms. The topological polar surface area (TPSA) is 46.6 Å². The van der Waals surface area contributed by atoms with Gasteiger partial charge in [0.25, 0.3) is 5.91 Å². The Morgan fingerprint density at radius 2 is 1.95 bits per heavy atom. The quantitative estimate of drug-likeness (QED) is 0.758. The minimum atomic E-state index is -0.301. The van der Waals surface area contributed by atoms with Gasteiger partial charge >= 0.3 is 5.97 Å². The van der Waals surface area contributed by atoms with Crippen molar-refractivity contribution in [3.8, 4) is 0 Å². The molecule has 0 N–H and O–H groups in total. The molecule has 0 atom stereocenters. The number of ether oxygens (including phenoxy) is 1. The average molecular weight is 298 g/mol. The van der Waals surface area contributed by atoms with E-state index < -0.39 is 0 Å². The standard InChI is InChI=1S/C15H20ClNO3/c1-4-20-14(18)9-10-17(11(2)3)15(19)12-7-5-6-8-13(12)16/h5-8,11H,4,9-10H2,1-3H3. The summed E-state index contributed by atoms with van der Waals surface area (Å²) in [7, 11) is 0. The molecule has 0 radical (unpaired) electrons. The fourth-order valence-corrected chi connectivity index (χ4v) is 2.05. The zero-order valence-corrected chi connectivity index (χ0v) is 12.8. The smallest absolute Gasteiger partial charge is 0.307 e. The highest BCUT2D eigenvalue weighted by Crippen LogP contribution is 2.18. The van der Waals surface area contributed by atoms with Gasteiger partial charge in [-0.05, 0) is 32.9 Å². The maximum atomic E-state index is 12.5. The first-order valence-electron chi connectivity index (χ1n) is 6.68. The Kier molecular flexibility index (Phi) is 6.52. The van der Waals surface area contributed by atoms with Gasteiger partial charge in [0, 0.05) is 12.6 Å². The van der Waals surface area contributed by atoms with E-state index >= 15 is 0 Å². The Morgan fingerprint density at radius 3 is 2.50 bits per heavy atom. The van der Waals surface area contributed by atoms with Crippen molar-refractivity contribution in [2.24, 2.45) is 0 Å². The highest BCUT2D eigenvalue weighted by Gasteiger charge is 2.21. The van der Waals surface area contributed by atoms with Gasteiger partial charge in [-0.15, -0.1) is 0 Å². The summed E-state index contributed by atoms with van der Waals surface area (Å²) in [5.41, 5.74) is 0.451. The van der Waals surface area contributed by atoms with E-state index in [1.165, 1.54) is 0 Å². The number of halogens is 1. The third-order valence-electron chi connectivity index (χ3n) is 2.85. The average Bonchev–Trinajstić information content (AvgIpc) is 2.39. The molecule has 0 heterocycles. The van der Waals surface area contributed by atoms with Crippen molar-refractivity contribution in [3.63, 3.8) is 0 Å². The molecule has 1 aromatic rings. The summed E-state index contributed by atoms with van der Waals surface area (Å²) >= 11 is 6.04. The molecule has 0 saturated carbocycles. The van der Waals surface area contributed by atoms with Crippen LogP contribution in [-0.2, 0) is 9.53 Å². The van der Waals surface area contributed by atoms with E-state index in [9.17, 15) is 9.59 Å². The summed E-state index contributed by atoms with van der Waals surface area (Å²) in [6.45, 7) is 6.23. The van der Waals surface area contributed by atoms with Crippen molar-refractivity contribution in [2.45, 2.75) is 33.2 Å². The molecule has 0 saturated heterocycles. The number of carbonyl (C=O) groups excluding carboxylic acids is 2. The first-order valence-corrected chi connectivity index (χ1v) is 7.06. The molecule has 0 unspecified atom stereocenters. The molecule has 1 aromatic carbocycles. The van der Waals surface area contributed by atoms with Crippen LogP contribution in [0.3, 0.4) is 0 Å². The first kappa shape index (κ1) is 16.5. The molecule has 0 aliphatic rings. The summed E-state index contributed by atoms with van der Waals surface area (Å²) in [4.78, 5) is 25.5. The molecule has 0 aliphatic carbocycles. The van der Waals surface area contributed by atoms with Crippen molar-refractivity contribution < 1.29 is 14.3 Å². The van der Waals surface area contributed by atoms with E-state index in [-0.39, 0.29) is 24.3 Å². The van der Waals surface area contributed by atoms with Crippen molar-refractivity contribution in [2.75, 3.05) is 13.2 Å². The lowest BCUT2D eigenvalue weighted by Crippen LogP contribution is -2.38. The third-order valence-corrected chi connectivity index (χ3v) is 3.18. The maximum Gasteiger partial charge on any atom is 0.307 e. The van der Waals surface area contributed by atoms with E-state index in [1.807, 2.05) is 13.8 Å². The molecule has 110 valence electrons. The van der Waals surface area contributed by atoms with Crippen molar-refractivity contribution in [1.29, 1.82) is 0 Å². The number of amides is 1. The number of rotatable bonds is 6. The second-order valence-electron chi connectivity index (χ2n) is 4.63. The molecular formula is C15H20ClNO3. The van der Waals surface area contributed by atoms with Crippen LogP contribution >= 0.6 is 11.6 Å². The molecule has 5 heteroatoms. The van der Waals surface area contributed by atoms with Gasteiger partial charge in [0.2, 0.25) is 0 Å². The molecule has 0 aliphatic heterocycles. The third kappa shape index (κ3) is 4.53. The summed E-state index contributed by atoms with van der Waals surface area (Å²) < 4.78 is 4.88. The molecule has 4 nitrogen and oxygen atoms in total. The largest absolute Gasteiger partial charge is 0.466 e. The van der Waals surface area contributed by atoms with Crippen LogP contribution in [0.4, 0.5) is 0 Å². The van der Waals surface area contributed by atoms with Gasteiger partial charge in [-0.2, -0.15) is 0 Å². The Balaban J connectivity index is 2.79. The van der Waals surface area contributed by atoms with E-state index in [0.717, 1.165) is 0 Å². The van der Waals surface area contributed by atoms with Crippen LogP contribution < -0.4 is 0 Å². The normalized spacial score (nSPS) is 10.4. The first-order chi connectivity index (χ1) is 9.47. The summed E-state index contributed by atoms with van der Waals surface area (Å²) in [6, 6.07) is 6.89. The van der Waals surface area contributed by atoms with Gasteiger partial charge in [-0.25, -0.2) is 0 Å². The SMILES string of the molecule is CCOC(=O)CCN(C(=O)c1ccccc1Cl)C(C)C. The number of hydrogen-bond donors (Lipinski definition) is 0. The molecular weight excluding hydrogens is 278 g/mol. The van der Waals surface area contributed by atoms with Gasteiger partial charge in [0.15, 0.2) is 0 Å². The van der Waals surface area contributed by atoms with E-state index in [2.05, 4.69) is 0 Å². The fourth-order valence-electron chi connectivity index (χ4n) is 1.83. The van der Waals surface area contributed by atoms with Crippen LogP contribution in [0.5, 0.6) is 0 Å². The Bertz CT molecular complexity index is 474. The summed E-state index contributed by atoms with van der Waals surface area (Å²) in [6.07, 6.45) is 0.183. The summed E-state index contributed by atoms with van der Waals surface area (Å²) in [5.74, 6) is -0.472. The van der Waals surface area contributed by atoms with Crippen LogP contribution in [0.15, 0.2) is 24.3 Å². The van der Waals surface area contributed by atoms with Gasteiger partial charge in [0.1, 0.15) is 0 Å². The highest BCUT2D eigenvalue weighted by molar-refractivity contribution is 6.33. The lowest BCUT2D eigenvalue weighted by molar-refractivity contribution is -0.143. The van der Waals surface area contributed by atoms with Crippen molar-refractivity contribution >= 4 is 23.5 Å². The lowest BCUT2D eigenvalue weighted by atomic mass is 10.1. The highest BCUT2D eigenvalue weighted by atomic mass is 35.5. The Hall–Kier alpha value is -1.55. The summed E-state index contributed by atoms with van der Waals surface area (Å²) in [5, 5.41) is 0.416. The number of hydrogen-bond acceptors (Lipinski definition) is 3. The molecule has 0 fully saturated rings. The van der Waals surface area contributed by atoms with Gasteiger partial charge < -0.3 is 9.64 Å². The van der Waals surface area contributed by atoms with Gasteiger partial charge in [-0.1, -0.05) is 23.7 Å². The maximum absolute atomic E-state index is 12.5. The minimum Gasteiger partial charge on any atom is -0.466 e. The van der Waals surface area contributed by atoms with E-state index in [4.69, 9.17) is 16.3 Å². The van der Waals surface area contributed by atoms with Crippen LogP contribution in [0.25, 0.3) is 0 Å². The molecule has 0 aromatic heterocycles. The minimum absolute atomic E-state index is 0.0202. The second kappa shape index (κ2) is 7.90. The lowest BCUT2D eigenvalue weighted by Gasteiger charge is -2.26. The molecule has 1 rings (SSSR count). The Labute approximate surface area is 124 Å². The number of esters is 1. The van der Waals surface area contributed by atoms with Crippen molar-refractivity contribution in [1.82, 2.24) is 4.90 Å².